The second-order valence-electron chi connectivity index (χ2n) is 4.70. The molecule has 2 atom stereocenters. The molecule has 0 saturated carbocycles. The molecule has 6 heteroatoms. The quantitative estimate of drug-likeness (QED) is 0.896. The Morgan fingerprint density at radius 2 is 2.11 bits per heavy atom. The predicted molar refractivity (Wildman–Crippen MR) is 65.4 cm³/mol. The number of hydrogen-bond acceptors (Lipinski definition) is 3. The molecule has 2 aliphatic heterocycles. The molecule has 0 fully saturated rings. The second-order valence-corrected chi connectivity index (χ2v) is 4.70. The molecule has 0 aliphatic carbocycles. The normalized spacial score (nSPS) is 25.3. The maximum atomic E-state index is 12.3. The summed E-state index contributed by atoms with van der Waals surface area (Å²) in [6, 6.07) is 7.49. The van der Waals surface area contributed by atoms with E-state index in [1.807, 2.05) is 24.3 Å². The molecule has 0 spiro atoms. The summed E-state index contributed by atoms with van der Waals surface area (Å²) in [7, 11) is 0. The van der Waals surface area contributed by atoms with Crippen molar-refractivity contribution in [2.75, 3.05) is 18.5 Å². The van der Waals surface area contributed by atoms with E-state index in [9.17, 15) is 13.2 Å². The molecule has 1 aromatic carbocycles. The van der Waals surface area contributed by atoms with Gasteiger partial charge in [-0.1, -0.05) is 18.2 Å². The number of fused-ring (bicyclic) bond motifs is 3. The van der Waals surface area contributed by atoms with Crippen LogP contribution >= 0.6 is 0 Å². The highest BCUT2D eigenvalue weighted by molar-refractivity contribution is 6.09. The number of anilines is 1. The van der Waals surface area contributed by atoms with Crippen molar-refractivity contribution in [2.24, 2.45) is 10.9 Å². The van der Waals surface area contributed by atoms with Crippen LogP contribution in [0, 0.1) is 5.92 Å². The molecule has 2 aliphatic rings. The van der Waals surface area contributed by atoms with E-state index in [1.54, 1.807) is 0 Å². The molecule has 3 nitrogen and oxygen atoms in total. The van der Waals surface area contributed by atoms with Crippen LogP contribution in [0.25, 0.3) is 0 Å². The maximum Gasteiger partial charge on any atom is 0.411 e. The van der Waals surface area contributed by atoms with E-state index in [0.717, 1.165) is 23.4 Å². The summed E-state index contributed by atoms with van der Waals surface area (Å²) in [4.78, 5) is 4.41. The molecule has 1 aromatic rings. The number of halogens is 3. The zero-order chi connectivity index (χ0) is 13.5. The van der Waals surface area contributed by atoms with Gasteiger partial charge in [0.2, 0.25) is 0 Å². The third-order valence-electron chi connectivity index (χ3n) is 3.37. The van der Waals surface area contributed by atoms with E-state index in [1.165, 1.54) is 0 Å². The summed E-state index contributed by atoms with van der Waals surface area (Å²) < 4.78 is 41.8. The molecule has 2 heterocycles. The Hall–Kier alpha value is -1.56. The van der Waals surface area contributed by atoms with Crippen LogP contribution in [0.15, 0.2) is 29.3 Å². The number of hydrogen-bond donors (Lipinski definition) is 1. The number of para-hydroxylation sites is 1. The zero-order valence-corrected chi connectivity index (χ0v) is 10.1. The van der Waals surface area contributed by atoms with Gasteiger partial charge in [-0.15, -0.1) is 0 Å². The van der Waals surface area contributed by atoms with Gasteiger partial charge >= 0.3 is 6.18 Å². The van der Waals surface area contributed by atoms with Crippen molar-refractivity contribution < 1.29 is 17.9 Å². The average Bonchev–Trinajstić information content (AvgIpc) is 2.84. The van der Waals surface area contributed by atoms with Gasteiger partial charge in [-0.3, -0.25) is 4.99 Å². The Balaban J connectivity index is 1.84. The lowest BCUT2D eigenvalue weighted by Crippen LogP contribution is -2.41. The van der Waals surface area contributed by atoms with Crippen LogP contribution in [0.1, 0.15) is 12.0 Å². The van der Waals surface area contributed by atoms with Crippen LogP contribution in [0.2, 0.25) is 0 Å². The number of benzene rings is 1. The summed E-state index contributed by atoms with van der Waals surface area (Å²) in [6.45, 7) is -0.599. The molecule has 3 rings (SSSR count). The molecule has 102 valence electrons. The number of nitrogens with one attached hydrogen (secondary N) is 1. The van der Waals surface area contributed by atoms with E-state index < -0.39 is 19.0 Å². The van der Waals surface area contributed by atoms with Crippen molar-refractivity contribution in [1.82, 2.24) is 0 Å². The van der Waals surface area contributed by atoms with Crippen molar-refractivity contribution in [2.45, 2.75) is 18.8 Å². The van der Waals surface area contributed by atoms with E-state index in [0.29, 0.717) is 6.54 Å². The minimum atomic E-state index is -4.31. The smallest absolute Gasteiger partial charge is 0.359 e. The van der Waals surface area contributed by atoms with Crippen LogP contribution in [0.4, 0.5) is 18.9 Å². The molecular formula is C13H13F3N2O. The summed E-state index contributed by atoms with van der Waals surface area (Å²) in [5, 5.41) is 3.04. The molecule has 0 bridgehead atoms. The van der Waals surface area contributed by atoms with Crippen LogP contribution in [-0.4, -0.2) is 31.3 Å². The lowest BCUT2D eigenvalue weighted by Gasteiger charge is -2.33. The Labute approximate surface area is 108 Å². The van der Waals surface area contributed by atoms with Gasteiger partial charge in [-0.25, -0.2) is 0 Å². The fourth-order valence-electron chi connectivity index (χ4n) is 2.59. The first-order chi connectivity index (χ1) is 9.04. The van der Waals surface area contributed by atoms with Gasteiger partial charge in [0, 0.05) is 23.7 Å². The van der Waals surface area contributed by atoms with Gasteiger partial charge in [0.1, 0.15) is 12.8 Å². The maximum absolute atomic E-state index is 12.3. The molecule has 1 N–H and O–H groups in total. The first-order valence-corrected chi connectivity index (χ1v) is 6.13. The monoisotopic (exact) mass is 270 g/mol. The predicted octanol–water partition coefficient (Wildman–Crippen LogP) is 2.83. The van der Waals surface area contributed by atoms with Crippen LogP contribution in [0.5, 0.6) is 0 Å². The highest BCUT2D eigenvalue weighted by Gasteiger charge is 2.38. The molecule has 19 heavy (non-hydrogen) atoms. The summed E-state index contributed by atoms with van der Waals surface area (Å²) in [5.74, 6) is -0.0998. The first-order valence-electron chi connectivity index (χ1n) is 6.13. The van der Waals surface area contributed by atoms with Gasteiger partial charge in [-0.2, -0.15) is 13.2 Å². The van der Waals surface area contributed by atoms with E-state index >= 15 is 0 Å². The van der Waals surface area contributed by atoms with E-state index in [-0.39, 0.29) is 5.92 Å². The molecule has 0 aromatic heterocycles. The largest absolute Gasteiger partial charge is 0.411 e. The number of nitrogens with zero attached hydrogens (tertiary/aromatic N) is 1. The molecule has 2 unspecified atom stereocenters. The third-order valence-corrected chi connectivity index (χ3v) is 3.37. The van der Waals surface area contributed by atoms with Crippen LogP contribution < -0.4 is 5.32 Å². The SMILES string of the molecule is FC(F)(F)COC1Nc2ccccc2C2=NCCC21. The van der Waals surface area contributed by atoms with Gasteiger partial charge in [0.25, 0.3) is 0 Å². The molecule has 0 amide bonds. The lowest BCUT2D eigenvalue weighted by atomic mass is 9.90. The lowest BCUT2D eigenvalue weighted by molar-refractivity contribution is -0.185. The number of rotatable bonds is 2. The number of alkyl halides is 3. The van der Waals surface area contributed by atoms with Crippen molar-refractivity contribution in [3.8, 4) is 0 Å². The fraction of sp³-hybridized carbons (Fsp3) is 0.462. The minimum Gasteiger partial charge on any atom is -0.359 e. The highest BCUT2D eigenvalue weighted by atomic mass is 19.4. The van der Waals surface area contributed by atoms with Crippen molar-refractivity contribution in [3.63, 3.8) is 0 Å². The number of ether oxygens (including phenoxy) is 1. The number of aliphatic imine (C=N–C) groups is 1. The zero-order valence-electron chi connectivity index (χ0n) is 10.1. The second kappa shape index (κ2) is 4.52. The first kappa shape index (κ1) is 12.5. The van der Waals surface area contributed by atoms with Crippen LogP contribution in [-0.2, 0) is 4.74 Å². The van der Waals surface area contributed by atoms with Gasteiger partial charge < -0.3 is 10.1 Å². The molecular weight excluding hydrogens is 257 g/mol. The van der Waals surface area contributed by atoms with Gasteiger partial charge in [0.05, 0.1) is 5.71 Å². The Bertz CT molecular complexity index is 513. The Kier molecular flexibility index (Phi) is 2.97. The van der Waals surface area contributed by atoms with Gasteiger partial charge in [-0.05, 0) is 12.5 Å². The molecule has 0 radical (unpaired) electrons. The van der Waals surface area contributed by atoms with E-state index in [4.69, 9.17) is 4.74 Å². The Morgan fingerprint density at radius 1 is 1.32 bits per heavy atom. The summed E-state index contributed by atoms with van der Waals surface area (Å²) in [6.07, 6.45) is -4.24. The minimum absolute atomic E-state index is 0.0998. The topological polar surface area (TPSA) is 33.6 Å². The van der Waals surface area contributed by atoms with E-state index in [2.05, 4.69) is 10.3 Å². The van der Waals surface area contributed by atoms with Crippen molar-refractivity contribution in [3.05, 3.63) is 29.8 Å². The summed E-state index contributed by atoms with van der Waals surface area (Å²) >= 11 is 0. The van der Waals surface area contributed by atoms with Gasteiger partial charge in [0.15, 0.2) is 0 Å². The van der Waals surface area contributed by atoms with Crippen molar-refractivity contribution >= 4 is 11.4 Å². The Morgan fingerprint density at radius 3 is 2.89 bits per heavy atom. The van der Waals surface area contributed by atoms with Crippen LogP contribution in [0.3, 0.4) is 0 Å². The standard InChI is InChI=1S/C13H13F3N2O/c14-13(15,16)7-19-12-9-5-6-17-11(9)8-3-1-2-4-10(8)18-12/h1-4,9,12,18H,5-7H2. The fourth-order valence-corrected chi connectivity index (χ4v) is 2.59. The third kappa shape index (κ3) is 2.45. The summed E-state index contributed by atoms with van der Waals surface area (Å²) in [5.41, 5.74) is 2.62. The molecule has 0 saturated heterocycles. The van der Waals surface area contributed by atoms with Crippen molar-refractivity contribution in [1.29, 1.82) is 0 Å². The average molecular weight is 270 g/mol. The highest BCUT2D eigenvalue weighted by Crippen LogP contribution is 2.34.